The fourth-order valence-electron chi connectivity index (χ4n) is 2.13. The van der Waals surface area contributed by atoms with E-state index in [-0.39, 0.29) is 0 Å². The van der Waals surface area contributed by atoms with Gasteiger partial charge in [-0.15, -0.1) is 24.5 Å². The van der Waals surface area contributed by atoms with Gasteiger partial charge in [-0.2, -0.15) is 0 Å². The number of hydrogen-bond acceptors (Lipinski definition) is 0. The van der Waals surface area contributed by atoms with Gasteiger partial charge >= 0.3 is 35.6 Å². The van der Waals surface area contributed by atoms with E-state index in [1.807, 2.05) is 0 Å². The summed E-state index contributed by atoms with van der Waals surface area (Å²) in [6.45, 7) is 10.2. The number of benzene rings is 2. The molecule has 130 valence electrons. The van der Waals surface area contributed by atoms with Crippen molar-refractivity contribution in [2.24, 2.45) is 0 Å². The normalized spacial score (nSPS) is 9.75. The van der Waals surface area contributed by atoms with Gasteiger partial charge in [0, 0.05) is 0 Å². The van der Waals surface area contributed by atoms with Gasteiger partial charge in [0.15, 0.2) is 0 Å². The molecule has 0 fully saturated rings. The quantitative estimate of drug-likeness (QED) is 0.358. The Morgan fingerprint density at radius 3 is 1.42 bits per heavy atom. The summed E-state index contributed by atoms with van der Waals surface area (Å²) in [6.07, 6.45) is 0.986. The van der Waals surface area contributed by atoms with Crippen molar-refractivity contribution in [2.75, 3.05) is 13.1 Å². The molecule has 0 saturated carbocycles. The number of halogens is 2. The summed E-state index contributed by atoms with van der Waals surface area (Å²) < 4.78 is 0. The first-order valence-electron chi connectivity index (χ1n) is 7.93. The van der Waals surface area contributed by atoms with Gasteiger partial charge in [-0.25, -0.2) is 0 Å². The zero-order valence-corrected chi connectivity index (χ0v) is 17.8. The van der Waals surface area contributed by atoms with Crippen LogP contribution in [0, 0.1) is 27.7 Å². The second-order valence-electron chi connectivity index (χ2n) is 5.73. The molecule has 0 radical (unpaired) electrons. The Kier molecular flexibility index (Phi) is 10.5. The standard InChI is InChI=1S/C19H24N2.2ClH.Ti/c1-14-6-8-18(12-16(14)3)20-10-5-11-21-19-9-7-15(2)17(4)13-19;;;/h6-9,12-13H,5,10-11H2,1-4H3;2*1H;/q-2;;;+2/p-2. The summed E-state index contributed by atoms with van der Waals surface area (Å²) in [4.78, 5) is 0. The molecule has 0 N–H and O–H groups in total. The Morgan fingerprint density at radius 1 is 0.708 bits per heavy atom. The maximum absolute atomic E-state index is 4.89. The molecule has 0 unspecified atom stereocenters. The molecule has 0 aliphatic carbocycles. The Labute approximate surface area is 163 Å². The van der Waals surface area contributed by atoms with E-state index in [4.69, 9.17) is 18.6 Å². The molecule has 5 heteroatoms. The van der Waals surface area contributed by atoms with Gasteiger partial charge in [0.05, 0.1) is 0 Å². The Balaban J connectivity index is 0.000000891. The van der Waals surface area contributed by atoms with Crippen molar-refractivity contribution in [3.63, 3.8) is 0 Å². The Morgan fingerprint density at radius 2 is 1.08 bits per heavy atom. The van der Waals surface area contributed by atoms with Crippen molar-refractivity contribution in [3.05, 3.63) is 69.3 Å². The molecule has 2 aromatic rings. The van der Waals surface area contributed by atoms with Gasteiger partial charge in [0.25, 0.3) is 0 Å². The minimum atomic E-state index is -0.556. The Hall–Kier alpha value is -0.666. The second kappa shape index (κ2) is 11.8. The van der Waals surface area contributed by atoms with Crippen LogP contribution in [0.4, 0.5) is 11.4 Å². The van der Waals surface area contributed by atoms with Gasteiger partial charge < -0.3 is 10.6 Å². The average molecular weight is 399 g/mol. The predicted molar refractivity (Wildman–Crippen MR) is 104 cm³/mol. The molecule has 0 spiro atoms. The molecular formula is C19H24Cl2N2Ti-2. The van der Waals surface area contributed by atoms with Gasteiger partial charge in [0.2, 0.25) is 0 Å². The first-order valence-corrected chi connectivity index (χ1v) is 12.2. The van der Waals surface area contributed by atoms with Crippen LogP contribution >= 0.6 is 18.6 Å². The van der Waals surface area contributed by atoms with Crippen LogP contribution in [0.3, 0.4) is 0 Å². The van der Waals surface area contributed by atoms with Gasteiger partial charge in [-0.05, 0) is 49.9 Å². The van der Waals surface area contributed by atoms with Crippen LogP contribution < -0.4 is 0 Å². The van der Waals surface area contributed by atoms with Crippen LogP contribution in [-0.4, -0.2) is 13.1 Å². The third-order valence-corrected chi connectivity index (χ3v) is 3.89. The van der Waals surface area contributed by atoms with Gasteiger partial charge in [-0.1, -0.05) is 42.8 Å². The van der Waals surface area contributed by atoms with Crippen LogP contribution in [0.2, 0.25) is 0 Å². The van der Waals surface area contributed by atoms with Crippen molar-refractivity contribution in [2.45, 2.75) is 34.1 Å². The summed E-state index contributed by atoms with van der Waals surface area (Å²) in [5.41, 5.74) is 7.39. The molecule has 2 nitrogen and oxygen atoms in total. The summed E-state index contributed by atoms with van der Waals surface area (Å²) in [7, 11) is 9.78. The zero-order valence-electron chi connectivity index (χ0n) is 14.7. The average Bonchev–Trinajstić information content (AvgIpc) is 2.54. The number of hydrogen-bond donors (Lipinski definition) is 0. The minimum absolute atomic E-state index is 0.556. The molecular weight excluding hydrogens is 375 g/mol. The van der Waals surface area contributed by atoms with Crippen LogP contribution in [-0.2, 0) is 17.0 Å². The van der Waals surface area contributed by atoms with Crippen molar-refractivity contribution in [3.8, 4) is 0 Å². The molecule has 0 atom stereocenters. The van der Waals surface area contributed by atoms with E-state index in [1.54, 1.807) is 0 Å². The van der Waals surface area contributed by atoms with Crippen molar-refractivity contribution < 1.29 is 17.0 Å². The van der Waals surface area contributed by atoms with Gasteiger partial charge in [-0.3, -0.25) is 0 Å². The molecule has 2 rings (SSSR count). The topological polar surface area (TPSA) is 28.2 Å². The van der Waals surface area contributed by atoms with Crippen molar-refractivity contribution >= 4 is 30.0 Å². The number of rotatable bonds is 6. The monoisotopic (exact) mass is 398 g/mol. The molecule has 0 aliphatic heterocycles. The van der Waals surface area contributed by atoms with E-state index in [0.29, 0.717) is 0 Å². The van der Waals surface area contributed by atoms with E-state index in [9.17, 15) is 0 Å². The van der Waals surface area contributed by atoms with Crippen molar-refractivity contribution in [1.29, 1.82) is 0 Å². The molecule has 0 aromatic heterocycles. The molecule has 0 amide bonds. The van der Waals surface area contributed by atoms with Crippen molar-refractivity contribution in [1.82, 2.24) is 0 Å². The van der Waals surface area contributed by atoms with Crippen LogP contribution in [0.15, 0.2) is 36.4 Å². The van der Waals surface area contributed by atoms with Crippen LogP contribution in [0.5, 0.6) is 0 Å². The summed E-state index contributed by atoms with van der Waals surface area (Å²) in [5, 5.41) is 9.22. The SMILES string of the molecule is Cc1ccc([N-]CCC[N-]c2ccc(C)c(C)c2)cc1C.[Cl][Ti][Cl]. The summed E-state index contributed by atoms with van der Waals surface area (Å²) in [5.74, 6) is 0. The number of aryl methyl sites for hydroxylation is 4. The molecule has 24 heavy (non-hydrogen) atoms. The van der Waals surface area contributed by atoms with E-state index in [1.165, 1.54) is 22.3 Å². The molecule has 0 aliphatic rings. The number of nitrogens with zero attached hydrogens (tertiary/aromatic N) is 2. The van der Waals surface area contributed by atoms with Crippen LogP contribution in [0.1, 0.15) is 28.7 Å². The summed E-state index contributed by atoms with van der Waals surface area (Å²) >= 11 is -0.556. The fourth-order valence-corrected chi connectivity index (χ4v) is 2.13. The fraction of sp³-hybridized carbons (Fsp3) is 0.368. The predicted octanol–water partition coefficient (Wildman–Crippen LogP) is 7.40. The third kappa shape index (κ3) is 7.94. The van der Waals surface area contributed by atoms with E-state index in [2.05, 4.69) is 74.7 Å². The van der Waals surface area contributed by atoms with E-state index >= 15 is 0 Å². The third-order valence-electron chi connectivity index (χ3n) is 3.89. The van der Waals surface area contributed by atoms with E-state index < -0.39 is 17.0 Å². The maximum atomic E-state index is 4.89. The molecule has 0 saturated heterocycles. The molecule has 0 heterocycles. The molecule has 0 bridgehead atoms. The molecule has 2 aromatic carbocycles. The first kappa shape index (κ1) is 21.4. The van der Waals surface area contributed by atoms with Crippen LogP contribution in [0.25, 0.3) is 10.6 Å². The Bertz CT molecular complexity index is 579. The second-order valence-corrected chi connectivity index (χ2v) is 8.30. The zero-order chi connectivity index (χ0) is 17.9. The first-order chi connectivity index (χ1) is 11.5. The summed E-state index contributed by atoms with van der Waals surface area (Å²) in [6, 6.07) is 12.7. The van der Waals surface area contributed by atoms with E-state index in [0.717, 1.165) is 30.9 Å². The van der Waals surface area contributed by atoms with Gasteiger partial charge in [0.1, 0.15) is 0 Å².